The molecule has 0 bridgehead atoms. The summed E-state index contributed by atoms with van der Waals surface area (Å²) < 4.78 is 1.64. The minimum absolute atomic E-state index is 0.110. The highest BCUT2D eigenvalue weighted by Crippen LogP contribution is 2.27. The molecule has 3 aromatic rings. The number of benzene rings is 1. The summed E-state index contributed by atoms with van der Waals surface area (Å²) in [6, 6.07) is 9.37. The van der Waals surface area contributed by atoms with Crippen LogP contribution in [0.1, 0.15) is 0 Å². The van der Waals surface area contributed by atoms with Crippen LogP contribution in [0.25, 0.3) is 16.6 Å². The molecule has 3 N–H and O–H groups in total. The number of hydrogen-bond donors (Lipinski definition) is 2. The summed E-state index contributed by atoms with van der Waals surface area (Å²) in [6.45, 7) is 0. The molecule has 2 heterocycles. The number of nitrogen functional groups attached to an aromatic ring is 1. The molecule has 0 aliphatic rings. The van der Waals surface area contributed by atoms with Crippen molar-refractivity contribution in [2.24, 2.45) is 0 Å². The molecule has 106 valence electrons. The van der Waals surface area contributed by atoms with Crippen molar-refractivity contribution in [3.05, 3.63) is 36.5 Å². The SMILES string of the molecule is Nc1nnc(SCC(=O)O)n1-c1cccc2ncccc12. The van der Waals surface area contributed by atoms with Gasteiger partial charge in [-0.3, -0.25) is 14.3 Å². The van der Waals surface area contributed by atoms with Gasteiger partial charge in [-0.25, -0.2) is 0 Å². The maximum Gasteiger partial charge on any atom is 0.313 e. The summed E-state index contributed by atoms with van der Waals surface area (Å²) >= 11 is 1.07. The van der Waals surface area contributed by atoms with E-state index in [4.69, 9.17) is 10.8 Å². The maximum absolute atomic E-state index is 10.7. The van der Waals surface area contributed by atoms with E-state index < -0.39 is 5.97 Å². The number of carboxylic acid groups (broad SMARTS) is 1. The van der Waals surface area contributed by atoms with E-state index in [2.05, 4.69) is 15.2 Å². The van der Waals surface area contributed by atoms with Crippen molar-refractivity contribution in [2.75, 3.05) is 11.5 Å². The normalized spacial score (nSPS) is 10.9. The van der Waals surface area contributed by atoms with Crippen molar-refractivity contribution < 1.29 is 9.90 Å². The van der Waals surface area contributed by atoms with Gasteiger partial charge in [-0.2, -0.15) is 0 Å². The lowest BCUT2D eigenvalue weighted by molar-refractivity contribution is -0.133. The third kappa shape index (κ3) is 2.52. The lowest BCUT2D eigenvalue weighted by Crippen LogP contribution is -2.05. The second-order valence-electron chi connectivity index (χ2n) is 4.21. The molecule has 0 saturated carbocycles. The standard InChI is InChI=1S/C13H11N5O2S/c14-12-16-17-13(21-7-11(19)20)18(12)10-5-1-4-9-8(10)3-2-6-15-9/h1-6H,7H2,(H2,14,16)(H,19,20). The smallest absolute Gasteiger partial charge is 0.313 e. The average molecular weight is 301 g/mol. The van der Waals surface area contributed by atoms with Crippen molar-refractivity contribution in [1.82, 2.24) is 19.7 Å². The average Bonchev–Trinajstić information content (AvgIpc) is 2.85. The molecule has 0 amide bonds. The molecule has 0 aliphatic heterocycles. The molecule has 21 heavy (non-hydrogen) atoms. The van der Waals surface area contributed by atoms with Crippen molar-refractivity contribution in [3.8, 4) is 5.69 Å². The highest BCUT2D eigenvalue weighted by Gasteiger charge is 2.15. The zero-order valence-electron chi connectivity index (χ0n) is 10.8. The number of carbonyl (C=O) groups is 1. The van der Waals surface area contributed by atoms with Crippen LogP contribution in [0.2, 0.25) is 0 Å². The van der Waals surface area contributed by atoms with Crippen molar-refractivity contribution in [3.63, 3.8) is 0 Å². The molecule has 2 aromatic heterocycles. The highest BCUT2D eigenvalue weighted by molar-refractivity contribution is 7.99. The van der Waals surface area contributed by atoms with Crippen LogP contribution in [0.3, 0.4) is 0 Å². The number of pyridine rings is 1. The number of rotatable bonds is 4. The van der Waals surface area contributed by atoms with E-state index in [1.165, 1.54) is 0 Å². The Balaban J connectivity index is 2.14. The van der Waals surface area contributed by atoms with Crippen LogP contribution in [-0.2, 0) is 4.79 Å². The van der Waals surface area contributed by atoms with Gasteiger partial charge < -0.3 is 10.8 Å². The predicted molar refractivity (Wildman–Crippen MR) is 79.4 cm³/mol. The first-order chi connectivity index (χ1) is 10.2. The second kappa shape index (κ2) is 5.41. The van der Waals surface area contributed by atoms with Crippen molar-refractivity contribution in [1.29, 1.82) is 0 Å². The molecule has 1 aromatic carbocycles. The van der Waals surface area contributed by atoms with Gasteiger partial charge in [-0.15, -0.1) is 10.2 Å². The van der Waals surface area contributed by atoms with E-state index in [9.17, 15) is 4.79 Å². The van der Waals surface area contributed by atoms with E-state index >= 15 is 0 Å². The maximum atomic E-state index is 10.7. The van der Waals surface area contributed by atoms with Crippen LogP contribution in [0.5, 0.6) is 0 Å². The molecule has 3 rings (SSSR count). The van der Waals surface area contributed by atoms with E-state index in [0.29, 0.717) is 5.16 Å². The number of hydrogen-bond acceptors (Lipinski definition) is 6. The summed E-state index contributed by atoms with van der Waals surface area (Å²) in [5.41, 5.74) is 7.47. The van der Waals surface area contributed by atoms with Gasteiger partial charge >= 0.3 is 5.97 Å². The van der Waals surface area contributed by atoms with Crippen LogP contribution in [0.15, 0.2) is 41.7 Å². The molecule has 0 saturated heterocycles. The Labute approximate surface area is 123 Å². The second-order valence-corrected chi connectivity index (χ2v) is 5.15. The van der Waals surface area contributed by atoms with Gasteiger partial charge in [0.25, 0.3) is 0 Å². The number of anilines is 1. The molecular formula is C13H11N5O2S. The Morgan fingerprint density at radius 1 is 1.29 bits per heavy atom. The van der Waals surface area contributed by atoms with Crippen molar-refractivity contribution in [2.45, 2.75) is 5.16 Å². The third-order valence-electron chi connectivity index (χ3n) is 2.85. The number of nitrogens with zero attached hydrogens (tertiary/aromatic N) is 4. The summed E-state index contributed by atoms with van der Waals surface area (Å²) in [5, 5.41) is 17.9. The van der Waals surface area contributed by atoms with E-state index in [0.717, 1.165) is 28.4 Å². The molecule has 0 radical (unpaired) electrons. The van der Waals surface area contributed by atoms with Crippen LogP contribution < -0.4 is 5.73 Å². The van der Waals surface area contributed by atoms with Crippen LogP contribution in [0, 0.1) is 0 Å². The number of aliphatic carboxylic acids is 1. The van der Waals surface area contributed by atoms with Crippen LogP contribution in [-0.4, -0.2) is 36.6 Å². The van der Waals surface area contributed by atoms with E-state index in [1.54, 1.807) is 10.8 Å². The minimum atomic E-state index is -0.923. The van der Waals surface area contributed by atoms with Gasteiger partial charge in [-0.05, 0) is 24.3 Å². The minimum Gasteiger partial charge on any atom is -0.481 e. The van der Waals surface area contributed by atoms with Crippen molar-refractivity contribution >= 4 is 34.6 Å². The zero-order valence-corrected chi connectivity index (χ0v) is 11.6. The molecule has 0 unspecified atom stereocenters. The number of aromatic nitrogens is 4. The van der Waals surface area contributed by atoms with Gasteiger partial charge in [-0.1, -0.05) is 17.8 Å². The fraction of sp³-hybridized carbons (Fsp3) is 0.0769. The summed E-state index contributed by atoms with van der Waals surface area (Å²) in [7, 11) is 0. The first-order valence-electron chi connectivity index (χ1n) is 6.06. The Bertz CT molecular complexity index is 812. The van der Waals surface area contributed by atoms with E-state index in [1.807, 2.05) is 30.3 Å². The Kier molecular flexibility index (Phi) is 3.44. The molecule has 7 nitrogen and oxygen atoms in total. The summed E-state index contributed by atoms with van der Waals surface area (Å²) in [5.74, 6) is -0.826. The Hall–Kier alpha value is -2.61. The number of fused-ring (bicyclic) bond motifs is 1. The third-order valence-corrected chi connectivity index (χ3v) is 3.76. The molecule has 0 aliphatic carbocycles. The first kappa shape index (κ1) is 13.4. The zero-order chi connectivity index (χ0) is 14.8. The number of carboxylic acids is 1. The van der Waals surface area contributed by atoms with Gasteiger partial charge in [0.05, 0.1) is 17.0 Å². The lowest BCUT2D eigenvalue weighted by Gasteiger charge is -2.10. The topological polar surface area (TPSA) is 107 Å². The van der Waals surface area contributed by atoms with E-state index in [-0.39, 0.29) is 11.7 Å². The quantitative estimate of drug-likeness (QED) is 0.704. The predicted octanol–water partition coefficient (Wildman–Crippen LogP) is 1.57. The fourth-order valence-corrected chi connectivity index (χ4v) is 2.68. The molecule has 0 spiro atoms. The highest BCUT2D eigenvalue weighted by atomic mass is 32.2. The molecule has 8 heteroatoms. The molecule has 0 fully saturated rings. The number of nitrogens with two attached hydrogens (primary N) is 1. The summed E-state index contributed by atoms with van der Waals surface area (Å²) in [6.07, 6.45) is 1.71. The largest absolute Gasteiger partial charge is 0.481 e. The van der Waals surface area contributed by atoms with Gasteiger partial charge in [0.2, 0.25) is 5.95 Å². The monoisotopic (exact) mass is 301 g/mol. The lowest BCUT2D eigenvalue weighted by atomic mass is 10.2. The fourth-order valence-electron chi connectivity index (χ4n) is 2.01. The number of thioether (sulfide) groups is 1. The molecule has 0 atom stereocenters. The van der Waals surface area contributed by atoms with Gasteiger partial charge in [0.1, 0.15) is 0 Å². The van der Waals surface area contributed by atoms with Gasteiger partial charge in [0.15, 0.2) is 5.16 Å². The molecular weight excluding hydrogens is 290 g/mol. The first-order valence-corrected chi connectivity index (χ1v) is 7.05. The van der Waals surface area contributed by atoms with Gasteiger partial charge in [0, 0.05) is 11.6 Å². The Morgan fingerprint density at radius 3 is 2.95 bits per heavy atom. The Morgan fingerprint density at radius 2 is 2.14 bits per heavy atom. The summed E-state index contributed by atoms with van der Waals surface area (Å²) in [4.78, 5) is 15.0. The van der Waals surface area contributed by atoms with Crippen LogP contribution in [0.4, 0.5) is 5.95 Å². The van der Waals surface area contributed by atoms with Crippen LogP contribution >= 0.6 is 11.8 Å².